The molecule has 4 heteroatoms. The zero-order valence-corrected chi connectivity index (χ0v) is 10.2. The van der Waals surface area contributed by atoms with E-state index in [2.05, 4.69) is 20.9 Å². The summed E-state index contributed by atoms with van der Waals surface area (Å²) in [5, 5.41) is 0. The van der Waals surface area contributed by atoms with E-state index in [1.807, 2.05) is 0 Å². The van der Waals surface area contributed by atoms with Crippen LogP contribution in [0.4, 0.5) is 5.82 Å². The van der Waals surface area contributed by atoms with E-state index < -0.39 is 0 Å². The number of piperidine rings is 1. The van der Waals surface area contributed by atoms with Crippen LogP contribution in [-0.2, 0) is 6.42 Å². The first-order valence-corrected chi connectivity index (χ1v) is 6.63. The van der Waals surface area contributed by atoms with Crippen molar-refractivity contribution in [3.05, 3.63) is 18.1 Å². The van der Waals surface area contributed by atoms with Gasteiger partial charge in [-0.1, -0.05) is 0 Å². The van der Waals surface area contributed by atoms with Gasteiger partial charge in [0.05, 0.1) is 0 Å². The molecule has 17 heavy (non-hydrogen) atoms. The summed E-state index contributed by atoms with van der Waals surface area (Å²) in [6, 6.07) is 2.45. The molecule has 3 rings (SSSR count). The lowest BCUT2D eigenvalue weighted by molar-refractivity contribution is 0.502. The molecule has 2 fully saturated rings. The topological polar surface area (TPSA) is 55.0 Å². The molecule has 0 radical (unpaired) electrons. The summed E-state index contributed by atoms with van der Waals surface area (Å²) in [4.78, 5) is 11.0. The van der Waals surface area contributed by atoms with E-state index in [-0.39, 0.29) is 0 Å². The van der Waals surface area contributed by atoms with Gasteiger partial charge in [-0.15, -0.1) is 0 Å². The normalized spacial score (nSPS) is 25.0. The summed E-state index contributed by atoms with van der Waals surface area (Å²) in [7, 11) is 0. The summed E-state index contributed by atoms with van der Waals surface area (Å²) in [5.74, 6) is 1.94. The predicted octanol–water partition coefficient (Wildman–Crippen LogP) is 1.36. The average Bonchev–Trinajstić information content (AvgIpc) is 3.13. The molecule has 1 unspecified atom stereocenters. The Hall–Kier alpha value is -1.16. The predicted molar refractivity (Wildman–Crippen MR) is 67.9 cm³/mol. The minimum Gasteiger partial charge on any atom is -0.355 e. The van der Waals surface area contributed by atoms with Crippen molar-refractivity contribution in [2.75, 3.05) is 18.0 Å². The molecular weight excluding hydrogens is 212 g/mol. The SMILES string of the molecule is NC1CCCN(c2cc(CC3CC3)ncn2)C1. The third kappa shape index (κ3) is 2.75. The Labute approximate surface area is 102 Å². The number of nitrogens with zero attached hydrogens (tertiary/aromatic N) is 3. The zero-order valence-electron chi connectivity index (χ0n) is 10.2. The maximum absolute atomic E-state index is 6.01. The first-order valence-electron chi connectivity index (χ1n) is 6.63. The number of hydrogen-bond acceptors (Lipinski definition) is 4. The summed E-state index contributed by atoms with van der Waals surface area (Å²) >= 11 is 0. The van der Waals surface area contributed by atoms with Crippen LogP contribution in [0, 0.1) is 5.92 Å². The van der Waals surface area contributed by atoms with Crippen molar-refractivity contribution in [3.63, 3.8) is 0 Å². The highest BCUT2D eigenvalue weighted by Gasteiger charge is 2.23. The molecule has 0 bridgehead atoms. The van der Waals surface area contributed by atoms with E-state index in [1.54, 1.807) is 6.33 Å². The molecule has 1 aromatic rings. The highest BCUT2D eigenvalue weighted by atomic mass is 15.2. The Bertz CT molecular complexity index is 389. The van der Waals surface area contributed by atoms with Crippen molar-refractivity contribution >= 4 is 5.82 Å². The average molecular weight is 232 g/mol. The van der Waals surface area contributed by atoms with Crippen LogP contribution in [0.3, 0.4) is 0 Å². The Morgan fingerprint density at radius 1 is 1.29 bits per heavy atom. The first-order chi connectivity index (χ1) is 8.31. The third-order valence-electron chi connectivity index (χ3n) is 3.69. The highest BCUT2D eigenvalue weighted by Crippen LogP contribution is 2.32. The molecule has 0 aromatic carbocycles. The summed E-state index contributed by atoms with van der Waals surface area (Å²) in [6.07, 6.45) is 7.87. The van der Waals surface area contributed by atoms with Crippen LogP contribution in [-0.4, -0.2) is 29.1 Å². The standard InChI is InChI=1S/C13H20N4/c14-11-2-1-5-17(8-11)13-7-12(15-9-16-13)6-10-3-4-10/h7,9-11H,1-6,8,14H2. The molecular formula is C13H20N4. The van der Waals surface area contributed by atoms with Crippen LogP contribution < -0.4 is 10.6 Å². The molecule has 1 aliphatic heterocycles. The number of hydrogen-bond donors (Lipinski definition) is 1. The number of aromatic nitrogens is 2. The summed E-state index contributed by atoms with van der Waals surface area (Å²) in [5.41, 5.74) is 7.20. The molecule has 1 aromatic heterocycles. The lowest BCUT2D eigenvalue weighted by Gasteiger charge is -2.31. The molecule has 4 nitrogen and oxygen atoms in total. The maximum Gasteiger partial charge on any atom is 0.132 e. The fraction of sp³-hybridized carbons (Fsp3) is 0.692. The fourth-order valence-corrected chi connectivity index (χ4v) is 2.51. The smallest absolute Gasteiger partial charge is 0.132 e. The van der Waals surface area contributed by atoms with E-state index in [4.69, 9.17) is 5.73 Å². The van der Waals surface area contributed by atoms with Crippen molar-refractivity contribution in [3.8, 4) is 0 Å². The zero-order chi connectivity index (χ0) is 11.7. The van der Waals surface area contributed by atoms with E-state index in [1.165, 1.54) is 25.0 Å². The Morgan fingerprint density at radius 3 is 2.94 bits per heavy atom. The van der Waals surface area contributed by atoms with Crippen molar-refractivity contribution in [2.45, 2.75) is 38.1 Å². The third-order valence-corrected chi connectivity index (χ3v) is 3.69. The lowest BCUT2D eigenvalue weighted by atomic mass is 10.1. The quantitative estimate of drug-likeness (QED) is 0.855. The van der Waals surface area contributed by atoms with Crippen molar-refractivity contribution in [1.29, 1.82) is 0 Å². The van der Waals surface area contributed by atoms with Gasteiger partial charge in [-0.25, -0.2) is 9.97 Å². The molecule has 1 saturated heterocycles. The second-order valence-electron chi connectivity index (χ2n) is 5.36. The van der Waals surface area contributed by atoms with Gasteiger partial charge in [-0.05, 0) is 38.0 Å². The van der Waals surface area contributed by atoms with Crippen LogP contribution in [0.5, 0.6) is 0 Å². The van der Waals surface area contributed by atoms with Gasteiger partial charge in [0, 0.05) is 30.9 Å². The molecule has 0 spiro atoms. The van der Waals surface area contributed by atoms with Gasteiger partial charge < -0.3 is 10.6 Å². The second kappa shape index (κ2) is 4.61. The number of anilines is 1. The van der Waals surface area contributed by atoms with Crippen LogP contribution in [0.1, 0.15) is 31.4 Å². The van der Waals surface area contributed by atoms with Gasteiger partial charge in [0.2, 0.25) is 0 Å². The van der Waals surface area contributed by atoms with E-state index in [0.29, 0.717) is 6.04 Å². The number of nitrogens with two attached hydrogens (primary N) is 1. The van der Waals surface area contributed by atoms with Gasteiger partial charge in [0.25, 0.3) is 0 Å². The molecule has 0 amide bonds. The second-order valence-corrected chi connectivity index (χ2v) is 5.36. The van der Waals surface area contributed by atoms with Gasteiger partial charge >= 0.3 is 0 Å². The monoisotopic (exact) mass is 232 g/mol. The minimum atomic E-state index is 0.297. The fourth-order valence-electron chi connectivity index (χ4n) is 2.51. The van der Waals surface area contributed by atoms with Gasteiger partial charge in [-0.3, -0.25) is 0 Å². The van der Waals surface area contributed by atoms with Crippen LogP contribution >= 0.6 is 0 Å². The minimum absolute atomic E-state index is 0.297. The van der Waals surface area contributed by atoms with Crippen LogP contribution in [0.15, 0.2) is 12.4 Å². The molecule has 2 N–H and O–H groups in total. The van der Waals surface area contributed by atoms with Crippen molar-refractivity contribution in [2.24, 2.45) is 11.7 Å². The van der Waals surface area contributed by atoms with E-state index >= 15 is 0 Å². The maximum atomic E-state index is 6.01. The molecule has 1 saturated carbocycles. The lowest BCUT2D eigenvalue weighted by Crippen LogP contribution is -2.43. The highest BCUT2D eigenvalue weighted by molar-refractivity contribution is 5.39. The molecule has 92 valence electrons. The Balaban J connectivity index is 1.72. The summed E-state index contributed by atoms with van der Waals surface area (Å²) < 4.78 is 0. The Morgan fingerprint density at radius 2 is 2.18 bits per heavy atom. The molecule has 1 aliphatic carbocycles. The molecule has 2 heterocycles. The van der Waals surface area contributed by atoms with Crippen molar-refractivity contribution in [1.82, 2.24) is 9.97 Å². The van der Waals surface area contributed by atoms with Gasteiger partial charge in [-0.2, -0.15) is 0 Å². The summed E-state index contributed by atoms with van der Waals surface area (Å²) in [6.45, 7) is 2.01. The molecule has 1 atom stereocenters. The van der Waals surface area contributed by atoms with Gasteiger partial charge in [0.1, 0.15) is 12.1 Å². The first kappa shape index (κ1) is 11.0. The Kier molecular flexibility index (Phi) is 2.97. The van der Waals surface area contributed by atoms with Crippen molar-refractivity contribution < 1.29 is 0 Å². The van der Waals surface area contributed by atoms with E-state index in [0.717, 1.165) is 37.7 Å². The molecule has 2 aliphatic rings. The number of rotatable bonds is 3. The van der Waals surface area contributed by atoms with E-state index in [9.17, 15) is 0 Å². The largest absolute Gasteiger partial charge is 0.355 e. The van der Waals surface area contributed by atoms with Crippen LogP contribution in [0.25, 0.3) is 0 Å². The van der Waals surface area contributed by atoms with Gasteiger partial charge in [0.15, 0.2) is 0 Å². The van der Waals surface area contributed by atoms with Crippen LogP contribution in [0.2, 0.25) is 0 Å².